The zero-order valence-electron chi connectivity index (χ0n) is 12.5. The number of ether oxygens (including phenoxy) is 2. The number of hydrogen-bond acceptors (Lipinski definition) is 4. The van der Waals surface area contributed by atoms with Crippen LogP contribution in [-0.2, 0) is 4.79 Å². The van der Waals surface area contributed by atoms with E-state index in [1.807, 2.05) is 31.2 Å². The Morgan fingerprint density at radius 2 is 1.95 bits per heavy atom. The summed E-state index contributed by atoms with van der Waals surface area (Å²) in [6.07, 6.45) is 1.02. The number of carbonyl (C=O) groups excluding carboxylic acids is 1. The van der Waals surface area contributed by atoms with Crippen molar-refractivity contribution in [2.24, 2.45) is 0 Å². The highest BCUT2D eigenvalue weighted by Gasteiger charge is 2.35. The molecule has 5 heteroatoms. The molecule has 2 N–H and O–H groups in total. The largest absolute Gasteiger partial charge is 0.482 e. The van der Waals surface area contributed by atoms with Gasteiger partial charge in [-0.25, -0.2) is 0 Å². The molecular formula is C16H22N2O3. The third kappa shape index (κ3) is 3.13. The molecule has 1 fully saturated rings. The Labute approximate surface area is 125 Å². The Kier molecular flexibility index (Phi) is 4.01. The maximum atomic E-state index is 12.5. The van der Waals surface area contributed by atoms with Gasteiger partial charge >= 0.3 is 0 Å². The molecule has 2 aliphatic rings. The predicted octanol–water partition coefficient (Wildman–Crippen LogP) is 1.47. The average Bonchev–Trinajstić information content (AvgIpc) is 2.46. The van der Waals surface area contributed by atoms with E-state index in [4.69, 9.17) is 9.47 Å². The third-order valence-electron chi connectivity index (χ3n) is 4.07. The van der Waals surface area contributed by atoms with E-state index in [1.165, 1.54) is 0 Å². The summed E-state index contributed by atoms with van der Waals surface area (Å²) in [5.74, 6) is 1.25. The van der Waals surface area contributed by atoms with Crippen LogP contribution in [0.5, 0.6) is 11.5 Å². The zero-order valence-corrected chi connectivity index (χ0v) is 12.5. The normalized spacial score (nSPS) is 31.5. The molecule has 114 valence electrons. The van der Waals surface area contributed by atoms with Crippen molar-refractivity contribution >= 4 is 5.91 Å². The summed E-state index contributed by atoms with van der Waals surface area (Å²) in [6, 6.07) is 8.10. The first-order chi connectivity index (χ1) is 10.1. The van der Waals surface area contributed by atoms with Crippen molar-refractivity contribution in [2.75, 3.05) is 6.54 Å². The van der Waals surface area contributed by atoms with Crippen LogP contribution < -0.4 is 20.1 Å². The minimum Gasteiger partial charge on any atom is -0.482 e. The Bertz CT molecular complexity index is 520. The number of nitrogens with one attached hydrogen (secondary N) is 2. The molecule has 2 heterocycles. The quantitative estimate of drug-likeness (QED) is 0.866. The van der Waals surface area contributed by atoms with Gasteiger partial charge in [0, 0.05) is 12.1 Å². The molecule has 1 saturated heterocycles. The maximum Gasteiger partial charge on any atom is 0.265 e. The van der Waals surface area contributed by atoms with Crippen molar-refractivity contribution < 1.29 is 14.3 Å². The lowest BCUT2D eigenvalue weighted by molar-refractivity contribution is -0.134. The molecule has 0 saturated carbocycles. The van der Waals surface area contributed by atoms with E-state index in [2.05, 4.69) is 17.6 Å². The standard InChI is InChI=1S/C16H22N2O3/c1-10-9-12(7-8-17-10)18-16(19)15-11(2)20-13-5-3-4-6-14(13)21-15/h3-6,10-12,15,17H,7-9H2,1-2H3,(H,18,19). The summed E-state index contributed by atoms with van der Waals surface area (Å²) in [7, 11) is 0. The number of amides is 1. The van der Waals surface area contributed by atoms with E-state index in [9.17, 15) is 4.79 Å². The fourth-order valence-corrected chi connectivity index (χ4v) is 2.95. The zero-order chi connectivity index (χ0) is 14.8. The van der Waals surface area contributed by atoms with E-state index >= 15 is 0 Å². The maximum absolute atomic E-state index is 12.5. The first-order valence-corrected chi connectivity index (χ1v) is 7.59. The lowest BCUT2D eigenvalue weighted by atomic mass is 10.00. The van der Waals surface area contributed by atoms with Crippen LogP contribution in [0.3, 0.4) is 0 Å². The van der Waals surface area contributed by atoms with Crippen LogP contribution in [0, 0.1) is 0 Å². The molecule has 0 aliphatic carbocycles. The van der Waals surface area contributed by atoms with Gasteiger partial charge < -0.3 is 20.1 Å². The average molecular weight is 290 g/mol. The second-order valence-electron chi connectivity index (χ2n) is 5.89. The smallest absolute Gasteiger partial charge is 0.265 e. The molecular weight excluding hydrogens is 268 g/mol. The van der Waals surface area contributed by atoms with Gasteiger partial charge in [-0.2, -0.15) is 0 Å². The summed E-state index contributed by atoms with van der Waals surface area (Å²) in [5.41, 5.74) is 0. The van der Waals surface area contributed by atoms with Gasteiger partial charge in [-0.05, 0) is 45.4 Å². The Balaban J connectivity index is 1.65. The summed E-state index contributed by atoms with van der Waals surface area (Å²) >= 11 is 0. The Morgan fingerprint density at radius 3 is 2.67 bits per heavy atom. The van der Waals surface area contributed by atoms with Crippen LogP contribution >= 0.6 is 0 Å². The molecule has 2 aliphatic heterocycles. The second-order valence-corrected chi connectivity index (χ2v) is 5.89. The van der Waals surface area contributed by atoms with Crippen LogP contribution in [-0.4, -0.2) is 36.7 Å². The minimum atomic E-state index is -0.593. The van der Waals surface area contributed by atoms with Gasteiger partial charge in [0.1, 0.15) is 6.10 Å². The molecule has 0 spiro atoms. The Hall–Kier alpha value is -1.75. The van der Waals surface area contributed by atoms with Crippen molar-refractivity contribution in [3.8, 4) is 11.5 Å². The fourth-order valence-electron chi connectivity index (χ4n) is 2.95. The van der Waals surface area contributed by atoms with E-state index < -0.39 is 6.10 Å². The molecule has 1 aromatic rings. The minimum absolute atomic E-state index is 0.0869. The van der Waals surface area contributed by atoms with Crippen LogP contribution in [0.15, 0.2) is 24.3 Å². The number of rotatable bonds is 2. The number of para-hydroxylation sites is 2. The van der Waals surface area contributed by atoms with Gasteiger partial charge in [0.05, 0.1) is 0 Å². The monoisotopic (exact) mass is 290 g/mol. The van der Waals surface area contributed by atoms with Crippen LogP contribution in [0.2, 0.25) is 0 Å². The van der Waals surface area contributed by atoms with Gasteiger partial charge in [0.25, 0.3) is 5.91 Å². The predicted molar refractivity (Wildman–Crippen MR) is 79.6 cm³/mol. The van der Waals surface area contributed by atoms with E-state index in [0.717, 1.165) is 19.4 Å². The SMILES string of the molecule is CC1CC(NC(=O)C2Oc3ccccc3OC2C)CCN1. The number of benzene rings is 1. The summed E-state index contributed by atoms with van der Waals surface area (Å²) in [6.45, 7) is 4.94. The van der Waals surface area contributed by atoms with Gasteiger partial charge in [0.15, 0.2) is 11.5 Å². The molecule has 0 bridgehead atoms. The molecule has 1 amide bonds. The highest BCUT2D eigenvalue weighted by molar-refractivity contribution is 5.82. The first kappa shape index (κ1) is 14.2. The van der Waals surface area contributed by atoms with Crippen molar-refractivity contribution in [3.05, 3.63) is 24.3 Å². The molecule has 4 atom stereocenters. The lowest BCUT2D eigenvalue weighted by Crippen LogP contribution is -2.54. The molecule has 21 heavy (non-hydrogen) atoms. The van der Waals surface area contributed by atoms with Gasteiger partial charge in [-0.3, -0.25) is 4.79 Å². The lowest BCUT2D eigenvalue weighted by Gasteiger charge is -2.34. The second kappa shape index (κ2) is 5.93. The van der Waals surface area contributed by atoms with Crippen LogP contribution in [0.25, 0.3) is 0 Å². The highest BCUT2D eigenvalue weighted by Crippen LogP contribution is 2.33. The van der Waals surface area contributed by atoms with Crippen molar-refractivity contribution in [2.45, 2.75) is 51.0 Å². The van der Waals surface area contributed by atoms with E-state index in [0.29, 0.717) is 17.5 Å². The first-order valence-electron chi connectivity index (χ1n) is 7.59. The summed E-state index contributed by atoms with van der Waals surface area (Å²) in [4.78, 5) is 12.5. The number of piperidine rings is 1. The number of fused-ring (bicyclic) bond motifs is 1. The van der Waals surface area contributed by atoms with Crippen molar-refractivity contribution in [1.29, 1.82) is 0 Å². The summed E-state index contributed by atoms with van der Waals surface area (Å²) < 4.78 is 11.6. The van der Waals surface area contributed by atoms with Crippen molar-refractivity contribution in [1.82, 2.24) is 10.6 Å². The van der Waals surface area contributed by atoms with Gasteiger partial charge in [-0.15, -0.1) is 0 Å². The van der Waals surface area contributed by atoms with Gasteiger partial charge in [-0.1, -0.05) is 12.1 Å². The molecule has 1 aromatic carbocycles. The Morgan fingerprint density at radius 1 is 1.24 bits per heavy atom. The number of carbonyl (C=O) groups is 1. The molecule has 0 aromatic heterocycles. The third-order valence-corrected chi connectivity index (χ3v) is 4.07. The van der Waals surface area contributed by atoms with Crippen LogP contribution in [0.4, 0.5) is 0 Å². The van der Waals surface area contributed by atoms with E-state index in [1.54, 1.807) is 0 Å². The summed E-state index contributed by atoms with van der Waals surface area (Å²) in [5, 5.41) is 6.48. The fraction of sp³-hybridized carbons (Fsp3) is 0.562. The highest BCUT2D eigenvalue weighted by atomic mass is 16.6. The van der Waals surface area contributed by atoms with E-state index in [-0.39, 0.29) is 18.1 Å². The molecule has 0 radical (unpaired) electrons. The van der Waals surface area contributed by atoms with Gasteiger partial charge in [0.2, 0.25) is 6.10 Å². The van der Waals surface area contributed by atoms with Crippen molar-refractivity contribution in [3.63, 3.8) is 0 Å². The molecule has 4 unspecified atom stereocenters. The molecule has 5 nitrogen and oxygen atoms in total. The molecule has 3 rings (SSSR count). The number of hydrogen-bond donors (Lipinski definition) is 2. The van der Waals surface area contributed by atoms with Crippen LogP contribution in [0.1, 0.15) is 26.7 Å². The topological polar surface area (TPSA) is 59.6 Å².